The number of hydrogen-bond acceptors (Lipinski definition) is 4. The van der Waals surface area contributed by atoms with E-state index >= 15 is 0 Å². The second kappa shape index (κ2) is 6.05. The number of aromatic nitrogens is 1. The third-order valence-electron chi connectivity index (χ3n) is 3.48. The molecular formula is C15H17N3OS. The third kappa shape index (κ3) is 3.17. The van der Waals surface area contributed by atoms with E-state index in [1.165, 1.54) is 0 Å². The molecule has 104 valence electrons. The predicted octanol–water partition coefficient (Wildman–Crippen LogP) is 2.40. The highest BCUT2D eigenvalue weighted by Gasteiger charge is 2.26. The number of anilines is 1. The third-order valence-corrected chi connectivity index (χ3v) is 4.36. The monoisotopic (exact) mass is 287 g/mol. The number of likely N-dealkylation sites (tertiary alicyclic amines) is 1. The number of pyridine rings is 1. The summed E-state index contributed by atoms with van der Waals surface area (Å²) in [5, 5.41) is 5.44. The van der Waals surface area contributed by atoms with Crippen LogP contribution in [0.1, 0.15) is 11.3 Å². The van der Waals surface area contributed by atoms with E-state index in [4.69, 9.17) is 0 Å². The molecule has 0 bridgehead atoms. The number of hydrogen-bond donors (Lipinski definition) is 1. The minimum absolute atomic E-state index is 0.225. The fourth-order valence-corrected chi connectivity index (χ4v) is 3.16. The summed E-state index contributed by atoms with van der Waals surface area (Å²) in [5.41, 5.74) is 1.02. The Hall–Kier alpha value is -1.88. The van der Waals surface area contributed by atoms with Crippen LogP contribution in [-0.2, 0) is 11.2 Å². The van der Waals surface area contributed by atoms with E-state index in [1.807, 2.05) is 40.7 Å². The maximum absolute atomic E-state index is 12.2. The van der Waals surface area contributed by atoms with Gasteiger partial charge >= 0.3 is 0 Å². The first-order valence-corrected chi connectivity index (χ1v) is 7.66. The van der Waals surface area contributed by atoms with Crippen molar-refractivity contribution in [1.82, 2.24) is 9.88 Å². The topological polar surface area (TPSA) is 45.2 Å². The Morgan fingerprint density at radius 3 is 3.15 bits per heavy atom. The van der Waals surface area contributed by atoms with Gasteiger partial charge in [-0.3, -0.25) is 9.78 Å². The SMILES string of the molecule is O=C(Cc1cccs1)N1CC[C@H](Nc2cccnc2)C1. The molecule has 0 aromatic carbocycles. The van der Waals surface area contributed by atoms with Crippen LogP contribution in [0.4, 0.5) is 5.69 Å². The first kappa shape index (κ1) is 13.1. The molecule has 3 heterocycles. The molecule has 2 aromatic heterocycles. The van der Waals surface area contributed by atoms with Gasteiger partial charge in [-0.25, -0.2) is 0 Å². The molecule has 1 saturated heterocycles. The van der Waals surface area contributed by atoms with Crippen molar-refractivity contribution in [3.05, 3.63) is 46.9 Å². The molecule has 1 N–H and O–H groups in total. The number of nitrogens with zero attached hydrogens (tertiary/aromatic N) is 2. The Kier molecular flexibility index (Phi) is 3.97. The van der Waals surface area contributed by atoms with Crippen LogP contribution >= 0.6 is 11.3 Å². The molecule has 1 aliphatic heterocycles. The van der Waals surface area contributed by atoms with Gasteiger partial charge in [-0.15, -0.1) is 11.3 Å². The molecule has 20 heavy (non-hydrogen) atoms. The highest BCUT2D eigenvalue weighted by molar-refractivity contribution is 7.10. The van der Waals surface area contributed by atoms with Crippen LogP contribution in [0, 0.1) is 0 Å². The molecular weight excluding hydrogens is 270 g/mol. The summed E-state index contributed by atoms with van der Waals surface area (Å²) in [4.78, 5) is 19.4. The maximum Gasteiger partial charge on any atom is 0.227 e. The number of nitrogens with one attached hydrogen (secondary N) is 1. The van der Waals surface area contributed by atoms with Gasteiger partial charge in [0, 0.05) is 36.4 Å². The Labute approximate surface area is 122 Å². The van der Waals surface area contributed by atoms with Gasteiger partial charge in [0.1, 0.15) is 0 Å². The van der Waals surface area contributed by atoms with E-state index < -0.39 is 0 Å². The van der Waals surface area contributed by atoms with E-state index in [0.29, 0.717) is 12.5 Å². The molecule has 5 heteroatoms. The highest BCUT2D eigenvalue weighted by atomic mass is 32.1. The molecule has 1 atom stereocenters. The highest BCUT2D eigenvalue weighted by Crippen LogP contribution is 2.17. The Balaban J connectivity index is 1.53. The summed E-state index contributed by atoms with van der Waals surface area (Å²) in [6.07, 6.45) is 5.09. The number of amides is 1. The lowest BCUT2D eigenvalue weighted by Gasteiger charge is -2.17. The summed E-state index contributed by atoms with van der Waals surface area (Å²) in [6.45, 7) is 1.61. The molecule has 0 unspecified atom stereocenters. The van der Waals surface area contributed by atoms with Crippen molar-refractivity contribution >= 4 is 22.9 Å². The van der Waals surface area contributed by atoms with Crippen LogP contribution in [-0.4, -0.2) is 34.9 Å². The van der Waals surface area contributed by atoms with Gasteiger partial charge in [0.15, 0.2) is 0 Å². The average Bonchev–Trinajstić information content (AvgIpc) is 3.11. The summed E-state index contributed by atoms with van der Waals surface area (Å²) in [5.74, 6) is 0.225. The molecule has 1 fully saturated rings. The van der Waals surface area contributed by atoms with E-state index in [0.717, 1.165) is 30.1 Å². The maximum atomic E-state index is 12.2. The van der Waals surface area contributed by atoms with Crippen molar-refractivity contribution in [3.8, 4) is 0 Å². The van der Waals surface area contributed by atoms with Crippen molar-refractivity contribution in [3.63, 3.8) is 0 Å². The fraction of sp³-hybridized carbons (Fsp3) is 0.333. The summed E-state index contributed by atoms with van der Waals surface area (Å²) in [6, 6.07) is 8.25. The smallest absolute Gasteiger partial charge is 0.227 e. The molecule has 0 radical (unpaired) electrons. The zero-order chi connectivity index (χ0) is 13.8. The fourth-order valence-electron chi connectivity index (χ4n) is 2.46. The lowest BCUT2D eigenvalue weighted by atomic mass is 10.2. The van der Waals surface area contributed by atoms with E-state index in [9.17, 15) is 4.79 Å². The van der Waals surface area contributed by atoms with Crippen LogP contribution in [0.15, 0.2) is 42.0 Å². The molecule has 0 saturated carbocycles. The van der Waals surface area contributed by atoms with Gasteiger partial charge in [-0.2, -0.15) is 0 Å². The molecule has 1 amide bonds. The van der Waals surface area contributed by atoms with Crippen molar-refractivity contribution in [1.29, 1.82) is 0 Å². The minimum Gasteiger partial charge on any atom is -0.379 e. The summed E-state index contributed by atoms with van der Waals surface area (Å²) < 4.78 is 0. The number of rotatable bonds is 4. The van der Waals surface area contributed by atoms with Crippen molar-refractivity contribution < 1.29 is 4.79 Å². The lowest BCUT2D eigenvalue weighted by Crippen LogP contribution is -2.32. The van der Waals surface area contributed by atoms with E-state index in [1.54, 1.807) is 17.5 Å². The van der Waals surface area contributed by atoms with Gasteiger partial charge < -0.3 is 10.2 Å². The number of carbonyl (C=O) groups is 1. The second-order valence-electron chi connectivity index (χ2n) is 4.97. The van der Waals surface area contributed by atoms with Gasteiger partial charge in [-0.05, 0) is 30.0 Å². The molecule has 3 rings (SSSR count). The van der Waals surface area contributed by atoms with E-state index in [-0.39, 0.29) is 5.91 Å². The van der Waals surface area contributed by atoms with Crippen LogP contribution in [0.2, 0.25) is 0 Å². The van der Waals surface area contributed by atoms with Crippen LogP contribution in [0.3, 0.4) is 0 Å². The Morgan fingerprint density at radius 1 is 1.45 bits per heavy atom. The average molecular weight is 287 g/mol. The minimum atomic E-state index is 0.225. The van der Waals surface area contributed by atoms with Crippen LogP contribution in [0.25, 0.3) is 0 Å². The summed E-state index contributed by atoms with van der Waals surface area (Å²) >= 11 is 1.64. The molecule has 4 nitrogen and oxygen atoms in total. The molecule has 0 aliphatic carbocycles. The van der Waals surface area contributed by atoms with Crippen molar-refractivity contribution in [2.24, 2.45) is 0 Å². The van der Waals surface area contributed by atoms with E-state index in [2.05, 4.69) is 10.3 Å². The summed E-state index contributed by atoms with van der Waals surface area (Å²) in [7, 11) is 0. The first-order valence-electron chi connectivity index (χ1n) is 6.78. The standard InChI is InChI=1S/C15H17N3OS/c19-15(9-14-4-2-8-20-14)18-7-5-13(11-18)17-12-3-1-6-16-10-12/h1-4,6,8,10,13,17H,5,7,9,11H2/t13-/m0/s1. The Morgan fingerprint density at radius 2 is 2.40 bits per heavy atom. The van der Waals surface area contributed by atoms with Gasteiger partial charge in [-0.1, -0.05) is 6.07 Å². The second-order valence-corrected chi connectivity index (χ2v) is 6.00. The number of thiophene rings is 1. The largest absolute Gasteiger partial charge is 0.379 e. The normalized spacial score (nSPS) is 18.2. The van der Waals surface area contributed by atoms with Crippen LogP contribution < -0.4 is 5.32 Å². The van der Waals surface area contributed by atoms with Crippen LogP contribution in [0.5, 0.6) is 0 Å². The zero-order valence-corrected chi connectivity index (χ0v) is 12.0. The molecule has 0 spiro atoms. The van der Waals surface area contributed by atoms with Gasteiger partial charge in [0.05, 0.1) is 12.1 Å². The zero-order valence-electron chi connectivity index (χ0n) is 11.2. The lowest BCUT2D eigenvalue weighted by molar-refractivity contribution is -0.129. The quantitative estimate of drug-likeness (QED) is 0.939. The predicted molar refractivity (Wildman–Crippen MR) is 80.9 cm³/mol. The van der Waals surface area contributed by atoms with Gasteiger partial charge in [0.2, 0.25) is 5.91 Å². The Bertz CT molecular complexity index is 556. The first-order chi connectivity index (χ1) is 9.81. The number of carbonyl (C=O) groups excluding carboxylic acids is 1. The van der Waals surface area contributed by atoms with Crippen molar-refractivity contribution in [2.45, 2.75) is 18.9 Å². The molecule has 2 aromatic rings. The van der Waals surface area contributed by atoms with Gasteiger partial charge in [0.25, 0.3) is 0 Å². The van der Waals surface area contributed by atoms with Crippen molar-refractivity contribution in [2.75, 3.05) is 18.4 Å². The molecule has 1 aliphatic rings.